The van der Waals surface area contributed by atoms with E-state index in [4.69, 9.17) is 4.74 Å². The fourth-order valence-electron chi connectivity index (χ4n) is 2.39. The fraction of sp³-hybridized carbons (Fsp3) is 0.200. The first-order chi connectivity index (χ1) is 13.4. The van der Waals surface area contributed by atoms with E-state index in [1.165, 1.54) is 14.0 Å². The zero-order valence-corrected chi connectivity index (χ0v) is 15.5. The SMILES string of the molecule is CNC(=O)NC(=O)[C@@H](OC(=O)Cc1ccc(NC(C)=O)cc1)c1ccccc1. The molecule has 0 heterocycles. The number of amides is 4. The number of anilines is 1. The topological polar surface area (TPSA) is 114 Å². The average molecular weight is 383 g/mol. The number of urea groups is 1. The van der Waals surface area contributed by atoms with Gasteiger partial charge in [0.2, 0.25) is 12.0 Å². The summed E-state index contributed by atoms with van der Waals surface area (Å²) in [7, 11) is 1.37. The second-order valence-electron chi connectivity index (χ2n) is 5.90. The van der Waals surface area contributed by atoms with Gasteiger partial charge in [0.15, 0.2) is 0 Å². The molecule has 0 aromatic heterocycles. The lowest BCUT2D eigenvalue weighted by Crippen LogP contribution is -2.41. The first-order valence-corrected chi connectivity index (χ1v) is 8.52. The van der Waals surface area contributed by atoms with Crippen LogP contribution in [0.2, 0.25) is 0 Å². The van der Waals surface area contributed by atoms with Gasteiger partial charge in [-0.3, -0.25) is 19.7 Å². The number of rotatable bonds is 6. The Morgan fingerprint density at radius 2 is 1.61 bits per heavy atom. The molecule has 4 amide bonds. The molecule has 0 aliphatic heterocycles. The number of imide groups is 1. The lowest BCUT2D eigenvalue weighted by atomic mass is 10.1. The van der Waals surface area contributed by atoms with Crippen LogP contribution in [-0.4, -0.2) is 30.9 Å². The second kappa shape index (κ2) is 9.86. The van der Waals surface area contributed by atoms with E-state index >= 15 is 0 Å². The van der Waals surface area contributed by atoms with Crippen LogP contribution < -0.4 is 16.0 Å². The fourth-order valence-corrected chi connectivity index (χ4v) is 2.39. The van der Waals surface area contributed by atoms with Gasteiger partial charge in [-0.1, -0.05) is 42.5 Å². The van der Waals surface area contributed by atoms with Crippen molar-refractivity contribution in [1.29, 1.82) is 0 Å². The first kappa shape index (κ1) is 20.6. The molecule has 0 saturated heterocycles. The molecule has 2 aromatic rings. The Bertz CT molecular complexity index is 850. The van der Waals surface area contributed by atoms with Gasteiger partial charge in [-0.15, -0.1) is 0 Å². The number of nitrogens with one attached hydrogen (secondary N) is 3. The Morgan fingerprint density at radius 3 is 2.18 bits per heavy atom. The van der Waals surface area contributed by atoms with Crippen molar-refractivity contribution < 1.29 is 23.9 Å². The predicted octanol–water partition coefficient (Wildman–Crippen LogP) is 1.93. The van der Waals surface area contributed by atoms with Crippen LogP contribution in [0.25, 0.3) is 0 Å². The van der Waals surface area contributed by atoms with Crippen molar-refractivity contribution >= 4 is 29.5 Å². The van der Waals surface area contributed by atoms with Crippen molar-refractivity contribution in [2.75, 3.05) is 12.4 Å². The molecule has 1 atom stereocenters. The molecule has 0 radical (unpaired) electrons. The highest BCUT2D eigenvalue weighted by molar-refractivity contribution is 5.97. The van der Waals surface area contributed by atoms with E-state index < -0.39 is 24.0 Å². The van der Waals surface area contributed by atoms with E-state index in [1.807, 2.05) is 0 Å². The summed E-state index contributed by atoms with van der Waals surface area (Å²) in [4.78, 5) is 47.2. The van der Waals surface area contributed by atoms with Gasteiger partial charge in [-0.25, -0.2) is 4.79 Å². The number of esters is 1. The van der Waals surface area contributed by atoms with Gasteiger partial charge in [-0.2, -0.15) is 0 Å². The van der Waals surface area contributed by atoms with E-state index in [0.29, 0.717) is 16.8 Å². The maximum Gasteiger partial charge on any atom is 0.321 e. The molecule has 3 N–H and O–H groups in total. The molecule has 0 aliphatic carbocycles. The Balaban J connectivity index is 2.08. The molecule has 8 heteroatoms. The lowest BCUT2D eigenvalue weighted by molar-refractivity contribution is -0.155. The van der Waals surface area contributed by atoms with Crippen LogP contribution in [0.3, 0.4) is 0 Å². The maximum absolute atomic E-state index is 12.4. The molecule has 0 aliphatic rings. The smallest absolute Gasteiger partial charge is 0.321 e. The number of carbonyl (C=O) groups excluding carboxylic acids is 4. The molecular formula is C20H21N3O5. The minimum atomic E-state index is -1.26. The van der Waals surface area contributed by atoms with E-state index in [9.17, 15) is 19.2 Å². The summed E-state index contributed by atoms with van der Waals surface area (Å²) < 4.78 is 5.34. The molecule has 0 fully saturated rings. The maximum atomic E-state index is 12.4. The Hall–Kier alpha value is -3.68. The van der Waals surface area contributed by atoms with Gasteiger partial charge in [0.05, 0.1) is 6.42 Å². The van der Waals surface area contributed by atoms with E-state index in [2.05, 4.69) is 16.0 Å². The van der Waals surface area contributed by atoms with Crippen molar-refractivity contribution in [3.63, 3.8) is 0 Å². The summed E-state index contributed by atoms with van der Waals surface area (Å²) in [5.41, 5.74) is 1.70. The van der Waals surface area contributed by atoms with Crippen LogP contribution in [0.4, 0.5) is 10.5 Å². The second-order valence-corrected chi connectivity index (χ2v) is 5.90. The highest BCUT2D eigenvalue weighted by atomic mass is 16.5. The quantitative estimate of drug-likeness (QED) is 0.660. The van der Waals surface area contributed by atoms with Crippen LogP contribution in [-0.2, 0) is 25.5 Å². The zero-order chi connectivity index (χ0) is 20.5. The largest absolute Gasteiger partial charge is 0.447 e. The summed E-state index contributed by atoms with van der Waals surface area (Å²) in [5, 5.41) is 7.02. The van der Waals surface area contributed by atoms with Gasteiger partial charge in [0.25, 0.3) is 5.91 Å². The summed E-state index contributed by atoms with van der Waals surface area (Å²) in [5.74, 6) is -1.58. The van der Waals surface area contributed by atoms with Crippen molar-refractivity contribution in [2.45, 2.75) is 19.4 Å². The highest BCUT2D eigenvalue weighted by Gasteiger charge is 2.26. The van der Waals surface area contributed by atoms with Crippen LogP contribution in [0.1, 0.15) is 24.2 Å². The number of ether oxygens (including phenoxy) is 1. The van der Waals surface area contributed by atoms with Crippen LogP contribution in [0.5, 0.6) is 0 Å². The van der Waals surface area contributed by atoms with Gasteiger partial charge in [0, 0.05) is 25.2 Å². The number of hydrogen-bond acceptors (Lipinski definition) is 5. The van der Waals surface area contributed by atoms with E-state index in [-0.39, 0.29) is 12.3 Å². The molecule has 2 aromatic carbocycles. The summed E-state index contributed by atoms with van der Waals surface area (Å²) in [6.07, 6.45) is -1.33. The van der Waals surface area contributed by atoms with Gasteiger partial charge < -0.3 is 15.4 Å². The van der Waals surface area contributed by atoms with Crippen LogP contribution >= 0.6 is 0 Å². The zero-order valence-electron chi connectivity index (χ0n) is 15.5. The third-order valence-electron chi connectivity index (χ3n) is 3.68. The lowest BCUT2D eigenvalue weighted by Gasteiger charge is -2.17. The Kier molecular flexibility index (Phi) is 7.27. The average Bonchev–Trinajstić information content (AvgIpc) is 2.67. The van der Waals surface area contributed by atoms with Gasteiger partial charge >= 0.3 is 12.0 Å². The molecule has 146 valence electrons. The van der Waals surface area contributed by atoms with Crippen LogP contribution in [0.15, 0.2) is 54.6 Å². The minimum Gasteiger partial charge on any atom is -0.447 e. The third kappa shape index (κ3) is 6.24. The molecule has 8 nitrogen and oxygen atoms in total. The monoisotopic (exact) mass is 383 g/mol. The minimum absolute atomic E-state index is 0.0725. The van der Waals surface area contributed by atoms with Crippen molar-refractivity contribution in [1.82, 2.24) is 10.6 Å². The normalized spacial score (nSPS) is 11.1. The highest BCUT2D eigenvalue weighted by Crippen LogP contribution is 2.19. The molecule has 2 rings (SSSR count). The number of hydrogen-bond donors (Lipinski definition) is 3. The first-order valence-electron chi connectivity index (χ1n) is 8.52. The third-order valence-corrected chi connectivity index (χ3v) is 3.68. The summed E-state index contributed by atoms with van der Waals surface area (Å²) >= 11 is 0. The van der Waals surface area contributed by atoms with E-state index in [1.54, 1.807) is 54.6 Å². The van der Waals surface area contributed by atoms with E-state index in [0.717, 1.165) is 0 Å². The van der Waals surface area contributed by atoms with Gasteiger partial charge in [0.1, 0.15) is 0 Å². The predicted molar refractivity (Wildman–Crippen MR) is 102 cm³/mol. The summed E-state index contributed by atoms with van der Waals surface area (Å²) in [6, 6.07) is 14.4. The standard InChI is InChI=1S/C20H21N3O5/c1-13(24)22-16-10-8-14(9-11-16)12-17(25)28-18(15-6-4-3-5-7-15)19(26)23-20(27)21-2/h3-11,18H,12H2,1-2H3,(H,22,24)(H2,21,23,26,27)/t18-/m0/s1. The van der Waals surface area contributed by atoms with Gasteiger partial charge in [-0.05, 0) is 17.7 Å². The molecule has 0 spiro atoms. The Morgan fingerprint density at radius 1 is 0.964 bits per heavy atom. The number of carbonyl (C=O) groups is 4. The van der Waals surface area contributed by atoms with Crippen molar-refractivity contribution in [3.05, 3.63) is 65.7 Å². The molecule has 0 bridgehead atoms. The molecular weight excluding hydrogens is 362 g/mol. The molecule has 28 heavy (non-hydrogen) atoms. The van der Waals surface area contributed by atoms with Crippen molar-refractivity contribution in [3.8, 4) is 0 Å². The van der Waals surface area contributed by atoms with Crippen LogP contribution in [0, 0.1) is 0 Å². The summed E-state index contributed by atoms with van der Waals surface area (Å²) in [6.45, 7) is 1.40. The molecule has 0 saturated carbocycles. The molecule has 0 unspecified atom stereocenters. The van der Waals surface area contributed by atoms with Crippen molar-refractivity contribution in [2.24, 2.45) is 0 Å². The Labute approximate surface area is 162 Å². The number of benzene rings is 2.